The van der Waals surface area contributed by atoms with E-state index in [1.54, 1.807) is 32.3 Å². The number of hydrogen-bond donors (Lipinski definition) is 2. The summed E-state index contributed by atoms with van der Waals surface area (Å²) in [6, 6.07) is 16.7. The highest BCUT2D eigenvalue weighted by molar-refractivity contribution is 6.15. The number of aromatic nitrogens is 1. The predicted molar refractivity (Wildman–Crippen MR) is 234 cm³/mol. The number of carbonyl (C=O) groups is 4. The summed E-state index contributed by atoms with van der Waals surface area (Å²) >= 11 is 0. The molecule has 4 aromatic rings. The highest BCUT2D eigenvalue weighted by Crippen LogP contribution is 2.42. The maximum Gasteiger partial charge on any atom is 0.256 e. The average molecular weight is 831 g/mol. The van der Waals surface area contributed by atoms with Gasteiger partial charge in [-0.3, -0.25) is 29.5 Å². The smallest absolute Gasteiger partial charge is 0.256 e. The molecule has 3 aliphatic heterocycles. The van der Waals surface area contributed by atoms with Crippen molar-refractivity contribution in [2.45, 2.75) is 69.7 Å². The lowest BCUT2D eigenvalue weighted by Crippen LogP contribution is -2.39. The zero-order chi connectivity index (χ0) is 42.8. The maximum atomic E-state index is 17.1. The van der Waals surface area contributed by atoms with Crippen LogP contribution in [0.15, 0.2) is 70.8 Å². The summed E-state index contributed by atoms with van der Waals surface area (Å²) in [6.45, 7) is 3.33. The third kappa shape index (κ3) is 8.85. The number of anilines is 1. The fourth-order valence-electron chi connectivity index (χ4n) is 9.10. The number of nitrogens with zero attached hydrogens (tertiary/aromatic N) is 6. The fraction of sp³-hybridized carbons (Fsp3) is 0.404. The number of hydrogen-bond acceptors (Lipinski definition) is 8. The molecule has 8 rings (SSSR count). The summed E-state index contributed by atoms with van der Waals surface area (Å²) < 4.78 is 34.8. The number of imide groups is 1. The monoisotopic (exact) mass is 830 g/mol. The van der Waals surface area contributed by atoms with Crippen molar-refractivity contribution in [2.24, 2.45) is 21.9 Å². The van der Waals surface area contributed by atoms with Gasteiger partial charge < -0.3 is 25.1 Å². The second-order valence-corrected chi connectivity index (χ2v) is 16.9. The van der Waals surface area contributed by atoms with Crippen LogP contribution < -0.4 is 16.1 Å². The van der Waals surface area contributed by atoms with E-state index in [0.29, 0.717) is 80.4 Å². The summed E-state index contributed by atoms with van der Waals surface area (Å²) in [5.74, 6) is 3.20. The second kappa shape index (κ2) is 17.8. The highest BCUT2D eigenvalue weighted by atomic mass is 19.1. The number of benzene rings is 3. The van der Waals surface area contributed by atoms with Gasteiger partial charge in [0.2, 0.25) is 17.7 Å². The minimum atomic E-state index is -0.561. The molecule has 318 valence electrons. The summed E-state index contributed by atoms with van der Waals surface area (Å²) in [7, 11) is 3.24. The lowest BCUT2D eigenvalue weighted by atomic mass is 9.87. The molecule has 1 aliphatic carbocycles. The number of piperidine rings is 2. The minimum absolute atomic E-state index is 0.00140. The Hall–Kier alpha value is -6.18. The van der Waals surface area contributed by atoms with E-state index < -0.39 is 17.6 Å². The van der Waals surface area contributed by atoms with E-state index >= 15 is 8.78 Å². The van der Waals surface area contributed by atoms with Crippen LogP contribution in [0, 0.1) is 17.6 Å². The van der Waals surface area contributed by atoms with Crippen LogP contribution in [0.4, 0.5) is 14.5 Å². The summed E-state index contributed by atoms with van der Waals surface area (Å²) in [6.07, 6.45) is 10.3. The van der Waals surface area contributed by atoms with Crippen LogP contribution in [-0.2, 0) is 20.9 Å². The quantitative estimate of drug-likeness (QED) is 0.0711. The van der Waals surface area contributed by atoms with Crippen LogP contribution >= 0.6 is 0 Å². The van der Waals surface area contributed by atoms with Crippen molar-refractivity contribution in [3.05, 3.63) is 94.7 Å². The normalized spacial score (nSPS) is 19.0. The largest absolute Gasteiger partial charge is 0.369 e. The number of amides is 4. The fourth-order valence-corrected chi connectivity index (χ4v) is 9.10. The summed E-state index contributed by atoms with van der Waals surface area (Å²) in [5.41, 5.74) is 5.90. The number of halogens is 2. The summed E-state index contributed by atoms with van der Waals surface area (Å²) in [4.78, 5) is 60.2. The van der Waals surface area contributed by atoms with Gasteiger partial charge >= 0.3 is 0 Å². The first kappa shape index (κ1) is 41.5. The standard InChI is InChI=1S/C47H52F2N8O4/c1-54(2)47(61)37-24-35-26-40(34-4-3-21-56(28-34)42(59)15-18-51-19-20-52-50)57(27-29-5-6-29)45(35)43(44(37)49)32-9-7-30(8-10-32)31-16-22-55(23-17-31)39-13-11-33(25-38(39)48)36-12-14-41(58)53-46(36)60/h4,7-11,13,19-20,24-26,29,31,36H,3,5-6,12,14-18,21-23,27-28,50H2,1-2H3,(H,53,58,60)/b51-19?,52-20-. The van der Waals surface area contributed by atoms with Crippen LogP contribution in [0.3, 0.4) is 0 Å². The first-order valence-electron chi connectivity index (χ1n) is 21.2. The van der Waals surface area contributed by atoms with Gasteiger partial charge in [0.1, 0.15) is 11.6 Å². The van der Waals surface area contributed by atoms with E-state index in [1.165, 1.54) is 23.4 Å². The van der Waals surface area contributed by atoms with Crippen molar-refractivity contribution < 1.29 is 28.0 Å². The predicted octanol–water partition coefficient (Wildman–Crippen LogP) is 6.62. The van der Waals surface area contributed by atoms with Gasteiger partial charge in [0.15, 0.2) is 0 Å². The SMILES string of the molecule is CN(C)C(=O)c1cc2cc(C3=CCCN(C(=O)CCN=C/C=N\N)C3)n(CC3CC3)c2c(-c2ccc(C3CCN(c4ccc(C5CCC(=O)NC5=O)cc4F)CC3)cc2)c1F. The minimum Gasteiger partial charge on any atom is -0.369 e. The van der Waals surface area contributed by atoms with Crippen LogP contribution in [-0.4, -0.2) is 97.2 Å². The second-order valence-electron chi connectivity index (χ2n) is 16.9. The van der Waals surface area contributed by atoms with Crippen molar-refractivity contribution in [3.8, 4) is 11.1 Å². The van der Waals surface area contributed by atoms with E-state index in [9.17, 15) is 19.2 Å². The van der Waals surface area contributed by atoms with Gasteiger partial charge in [-0.2, -0.15) is 5.10 Å². The zero-order valence-electron chi connectivity index (χ0n) is 34.7. The zero-order valence-corrected chi connectivity index (χ0v) is 34.7. The number of rotatable bonds is 12. The molecule has 0 radical (unpaired) electrons. The van der Waals surface area contributed by atoms with Crippen molar-refractivity contribution >= 4 is 58.2 Å². The number of aliphatic imine (C=N–C) groups is 1. The first-order valence-corrected chi connectivity index (χ1v) is 21.2. The Kier molecular flexibility index (Phi) is 12.1. The maximum absolute atomic E-state index is 17.1. The van der Waals surface area contributed by atoms with Gasteiger partial charge in [0.05, 0.1) is 28.9 Å². The molecule has 1 aromatic heterocycles. The van der Waals surface area contributed by atoms with E-state index in [-0.39, 0.29) is 47.9 Å². The Bertz CT molecular complexity index is 2440. The Morgan fingerprint density at radius 2 is 1.69 bits per heavy atom. The molecule has 1 unspecified atom stereocenters. The van der Waals surface area contributed by atoms with E-state index in [0.717, 1.165) is 53.4 Å². The number of carbonyl (C=O) groups excluding carboxylic acids is 4. The van der Waals surface area contributed by atoms with Crippen LogP contribution in [0.1, 0.15) is 90.4 Å². The van der Waals surface area contributed by atoms with Gasteiger partial charge in [-0.1, -0.05) is 36.4 Å². The Morgan fingerprint density at radius 3 is 2.38 bits per heavy atom. The third-order valence-corrected chi connectivity index (χ3v) is 12.6. The van der Waals surface area contributed by atoms with Crippen molar-refractivity contribution in [2.75, 3.05) is 51.7 Å². The number of nitrogens with two attached hydrogens (primary N) is 1. The average Bonchev–Trinajstić information content (AvgIpc) is 4.02. The van der Waals surface area contributed by atoms with Crippen LogP contribution in [0.2, 0.25) is 0 Å². The molecule has 14 heteroatoms. The number of hydrazone groups is 1. The lowest BCUT2D eigenvalue weighted by Gasteiger charge is -2.34. The van der Waals surface area contributed by atoms with Gasteiger partial charge in [-0.05, 0) is 96.9 Å². The molecular formula is C47H52F2N8O4. The van der Waals surface area contributed by atoms with Gasteiger partial charge in [-0.25, -0.2) is 8.78 Å². The lowest BCUT2D eigenvalue weighted by molar-refractivity contribution is -0.134. The molecule has 3 N–H and O–H groups in total. The molecule has 1 atom stereocenters. The molecule has 12 nitrogen and oxygen atoms in total. The van der Waals surface area contributed by atoms with Crippen molar-refractivity contribution in [1.82, 2.24) is 19.7 Å². The van der Waals surface area contributed by atoms with E-state index in [2.05, 4.69) is 32.1 Å². The number of nitrogens with one attached hydrogen (secondary N) is 1. The van der Waals surface area contributed by atoms with Crippen LogP contribution in [0.5, 0.6) is 0 Å². The Balaban J connectivity index is 1.05. The van der Waals surface area contributed by atoms with E-state index in [4.69, 9.17) is 5.84 Å². The first-order chi connectivity index (χ1) is 29.5. The molecule has 4 heterocycles. The van der Waals surface area contributed by atoms with Crippen molar-refractivity contribution in [1.29, 1.82) is 0 Å². The van der Waals surface area contributed by atoms with Gasteiger partial charge in [0, 0.05) is 89.1 Å². The van der Waals surface area contributed by atoms with Gasteiger partial charge in [0.25, 0.3) is 5.91 Å². The molecule has 0 bridgehead atoms. The van der Waals surface area contributed by atoms with Crippen LogP contribution in [0.25, 0.3) is 27.6 Å². The third-order valence-electron chi connectivity index (χ3n) is 12.6. The molecule has 0 spiro atoms. The van der Waals surface area contributed by atoms with Crippen molar-refractivity contribution in [3.63, 3.8) is 0 Å². The molecular weight excluding hydrogens is 779 g/mol. The molecule has 3 aromatic carbocycles. The highest BCUT2D eigenvalue weighted by Gasteiger charge is 2.32. The Morgan fingerprint density at radius 1 is 0.934 bits per heavy atom. The molecule has 4 amide bonds. The van der Waals surface area contributed by atoms with Gasteiger partial charge in [-0.15, -0.1) is 0 Å². The molecule has 2 saturated heterocycles. The molecule has 61 heavy (non-hydrogen) atoms. The number of fused-ring (bicyclic) bond motifs is 1. The van der Waals surface area contributed by atoms with E-state index in [1.807, 2.05) is 34.1 Å². The summed E-state index contributed by atoms with van der Waals surface area (Å²) in [5, 5.41) is 6.51. The Labute approximate surface area is 354 Å². The topological polar surface area (TPSA) is 146 Å². The molecule has 3 fully saturated rings. The molecule has 1 saturated carbocycles. The molecule has 4 aliphatic rings.